The van der Waals surface area contributed by atoms with Crippen molar-refractivity contribution in [2.45, 2.75) is 39.2 Å². The first-order chi connectivity index (χ1) is 12.4. The lowest BCUT2D eigenvalue weighted by Gasteiger charge is -2.22. The van der Waals surface area contributed by atoms with Crippen molar-refractivity contribution in [1.82, 2.24) is 14.9 Å². The van der Waals surface area contributed by atoms with E-state index < -0.39 is 6.43 Å². The van der Waals surface area contributed by atoms with Gasteiger partial charge in [-0.3, -0.25) is 4.79 Å². The zero-order chi connectivity index (χ0) is 18.5. The van der Waals surface area contributed by atoms with Gasteiger partial charge in [-0.25, -0.2) is 18.7 Å². The number of rotatable bonds is 4. The molecule has 3 atom stereocenters. The van der Waals surface area contributed by atoms with Gasteiger partial charge in [0.15, 0.2) is 0 Å². The third kappa shape index (κ3) is 2.89. The highest BCUT2D eigenvalue weighted by molar-refractivity contribution is 5.91. The fourth-order valence-corrected chi connectivity index (χ4v) is 4.26. The highest BCUT2D eigenvalue weighted by Crippen LogP contribution is 2.59. The van der Waals surface area contributed by atoms with Crippen LogP contribution in [0.1, 0.15) is 38.7 Å². The van der Waals surface area contributed by atoms with E-state index in [1.807, 2.05) is 4.90 Å². The molecule has 1 N–H and O–H groups in total. The molecule has 26 heavy (non-hydrogen) atoms. The number of fused-ring (bicyclic) bond motifs is 1. The van der Waals surface area contributed by atoms with Crippen molar-refractivity contribution in [2.24, 2.45) is 11.3 Å². The Labute approximate surface area is 150 Å². The summed E-state index contributed by atoms with van der Waals surface area (Å²) in [7, 11) is 0. The molecular formula is C19H22F2N4O. The van der Waals surface area contributed by atoms with E-state index in [1.165, 1.54) is 24.9 Å². The lowest BCUT2D eigenvalue weighted by Crippen LogP contribution is -2.38. The van der Waals surface area contributed by atoms with Crippen molar-refractivity contribution in [1.29, 1.82) is 0 Å². The van der Waals surface area contributed by atoms with Crippen LogP contribution < -0.4 is 5.32 Å². The molecule has 2 heterocycles. The molecule has 1 saturated carbocycles. The van der Waals surface area contributed by atoms with Gasteiger partial charge in [0, 0.05) is 23.5 Å². The number of nitrogens with zero attached hydrogens (tertiary/aromatic N) is 3. The van der Waals surface area contributed by atoms with Gasteiger partial charge in [0.05, 0.1) is 12.1 Å². The average molecular weight is 360 g/mol. The molecule has 0 radical (unpaired) electrons. The van der Waals surface area contributed by atoms with Crippen LogP contribution in [0.15, 0.2) is 24.5 Å². The maximum Gasteiger partial charge on any atom is 0.263 e. The SMILES string of the molecule is CC1CC2(C[C@H]2C)CN1C(=O)CNc1ncnc2cc(C(F)F)ccc12. The van der Waals surface area contributed by atoms with Crippen molar-refractivity contribution >= 4 is 22.6 Å². The van der Waals surface area contributed by atoms with Crippen molar-refractivity contribution in [3.63, 3.8) is 0 Å². The van der Waals surface area contributed by atoms with Gasteiger partial charge >= 0.3 is 0 Å². The van der Waals surface area contributed by atoms with Crippen LogP contribution in [0.25, 0.3) is 10.9 Å². The van der Waals surface area contributed by atoms with Gasteiger partial charge in [0.1, 0.15) is 12.1 Å². The fraction of sp³-hybridized carbons (Fsp3) is 0.526. The number of carbonyl (C=O) groups is 1. The van der Waals surface area contributed by atoms with Crippen LogP contribution in [0.4, 0.5) is 14.6 Å². The number of anilines is 1. The predicted molar refractivity (Wildman–Crippen MR) is 95.0 cm³/mol. The summed E-state index contributed by atoms with van der Waals surface area (Å²) in [5.74, 6) is 1.24. The molecule has 2 fully saturated rings. The maximum absolute atomic E-state index is 12.8. The van der Waals surface area contributed by atoms with Crippen LogP contribution in [-0.2, 0) is 4.79 Å². The minimum atomic E-state index is -2.54. The van der Waals surface area contributed by atoms with Crippen LogP contribution in [0.3, 0.4) is 0 Å². The standard InChI is InChI=1S/C19H22F2N4O/c1-11-6-19(11)7-12(2)25(9-19)16(26)8-22-18-14-4-3-13(17(20)21)5-15(14)23-10-24-18/h3-5,10-12,17H,6-9H2,1-2H3,(H,22,23,24)/t11-,12?,19?/m1/s1. The molecular weight excluding hydrogens is 338 g/mol. The van der Waals surface area contributed by atoms with E-state index >= 15 is 0 Å². The second kappa shape index (κ2) is 6.14. The van der Waals surface area contributed by atoms with E-state index in [1.54, 1.807) is 6.07 Å². The number of carbonyl (C=O) groups excluding carboxylic acids is 1. The molecule has 7 heteroatoms. The van der Waals surface area contributed by atoms with Crippen LogP contribution >= 0.6 is 0 Å². The number of hydrogen-bond donors (Lipinski definition) is 1. The van der Waals surface area contributed by atoms with E-state index in [2.05, 4.69) is 29.1 Å². The summed E-state index contributed by atoms with van der Waals surface area (Å²) in [6.45, 7) is 5.32. The van der Waals surface area contributed by atoms with E-state index in [0.717, 1.165) is 13.0 Å². The first-order valence-corrected chi connectivity index (χ1v) is 8.96. The molecule has 2 unspecified atom stereocenters. The third-order valence-corrected chi connectivity index (χ3v) is 5.96. The third-order valence-electron chi connectivity index (χ3n) is 5.96. The normalized spacial score (nSPS) is 27.5. The number of hydrogen-bond acceptors (Lipinski definition) is 4. The second-order valence-electron chi connectivity index (χ2n) is 7.70. The van der Waals surface area contributed by atoms with Crippen LogP contribution in [0, 0.1) is 11.3 Å². The van der Waals surface area contributed by atoms with Crippen molar-refractivity contribution in [3.05, 3.63) is 30.1 Å². The zero-order valence-corrected chi connectivity index (χ0v) is 14.9. The van der Waals surface area contributed by atoms with Crippen LogP contribution in [0.5, 0.6) is 0 Å². The number of alkyl halides is 2. The minimum absolute atomic E-state index is 0.0458. The zero-order valence-electron chi connectivity index (χ0n) is 14.9. The molecule has 4 rings (SSSR count). The number of benzene rings is 1. The molecule has 1 aromatic heterocycles. The van der Waals surface area contributed by atoms with Gasteiger partial charge in [-0.05, 0) is 43.2 Å². The molecule has 1 aliphatic heterocycles. The molecule has 0 bridgehead atoms. The lowest BCUT2D eigenvalue weighted by atomic mass is 10.0. The minimum Gasteiger partial charge on any atom is -0.360 e. The highest BCUT2D eigenvalue weighted by atomic mass is 19.3. The average Bonchev–Trinajstić information content (AvgIpc) is 3.10. The smallest absolute Gasteiger partial charge is 0.263 e. The largest absolute Gasteiger partial charge is 0.360 e. The summed E-state index contributed by atoms with van der Waals surface area (Å²) in [5.41, 5.74) is 0.698. The van der Waals surface area contributed by atoms with Gasteiger partial charge in [-0.15, -0.1) is 0 Å². The predicted octanol–water partition coefficient (Wildman–Crippen LogP) is 3.63. The number of nitrogens with one attached hydrogen (secondary N) is 1. The lowest BCUT2D eigenvalue weighted by molar-refractivity contribution is -0.130. The van der Waals surface area contributed by atoms with Crippen LogP contribution in [-0.4, -0.2) is 39.9 Å². The first-order valence-electron chi connectivity index (χ1n) is 8.96. The molecule has 1 aromatic carbocycles. The first kappa shape index (κ1) is 17.1. The number of halogens is 2. The Balaban J connectivity index is 1.47. The van der Waals surface area contributed by atoms with Gasteiger partial charge in [0.2, 0.25) is 5.91 Å². The summed E-state index contributed by atoms with van der Waals surface area (Å²) in [6, 6.07) is 4.55. The van der Waals surface area contributed by atoms with E-state index in [9.17, 15) is 13.6 Å². The molecule has 1 spiro atoms. The Morgan fingerprint density at radius 3 is 2.77 bits per heavy atom. The van der Waals surface area contributed by atoms with Crippen LogP contribution in [0.2, 0.25) is 0 Å². The second-order valence-corrected chi connectivity index (χ2v) is 7.70. The summed E-state index contributed by atoms with van der Waals surface area (Å²) >= 11 is 0. The number of amides is 1. The summed E-state index contributed by atoms with van der Waals surface area (Å²) in [4.78, 5) is 22.8. The van der Waals surface area contributed by atoms with Gasteiger partial charge in [0.25, 0.3) is 6.43 Å². The van der Waals surface area contributed by atoms with Crippen molar-refractivity contribution < 1.29 is 13.6 Å². The van der Waals surface area contributed by atoms with E-state index in [0.29, 0.717) is 28.1 Å². The topological polar surface area (TPSA) is 58.1 Å². The van der Waals surface area contributed by atoms with Gasteiger partial charge in [-0.1, -0.05) is 13.0 Å². The Kier molecular flexibility index (Phi) is 4.04. The summed E-state index contributed by atoms with van der Waals surface area (Å²) < 4.78 is 25.7. The van der Waals surface area contributed by atoms with Gasteiger partial charge in [-0.2, -0.15) is 0 Å². The summed E-state index contributed by atoms with van der Waals surface area (Å²) in [6.07, 6.45) is 1.06. The fourth-order valence-electron chi connectivity index (χ4n) is 4.26. The van der Waals surface area contributed by atoms with Crippen molar-refractivity contribution in [2.75, 3.05) is 18.4 Å². The van der Waals surface area contributed by atoms with Crippen molar-refractivity contribution in [3.8, 4) is 0 Å². The molecule has 2 aromatic rings. The molecule has 1 amide bonds. The molecule has 5 nitrogen and oxygen atoms in total. The quantitative estimate of drug-likeness (QED) is 0.905. The Bertz CT molecular complexity index is 859. The molecule has 138 valence electrons. The molecule has 1 aliphatic carbocycles. The monoisotopic (exact) mass is 360 g/mol. The molecule has 2 aliphatic rings. The van der Waals surface area contributed by atoms with E-state index in [4.69, 9.17) is 0 Å². The summed E-state index contributed by atoms with van der Waals surface area (Å²) in [5, 5.41) is 3.69. The molecule has 1 saturated heterocycles. The highest BCUT2D eigenvalue weighted by Gasteiger charge is 2.57. The number of aromatic nitrogens is 2. The van der Waals surface area contributed by atoms with Gasteiger partial charge < -0.3 is 10.2 Å². The maximum atomic E-state index is 12.8. The number of likely N-dealkylation sites (tertiary alicyclic amines) is 1. The van der Waals surface area contributed by atoms with E-state index in [-0.39, 0.29) is 24.1 Å². The Morgan fingerprint density at radius 2 is 2.12 bits per heavy atom. The Hall–Kier alpha value is -2.31. The Morgan fingerprint density at radius 1 is 1.35 bits per heavy atom.